The Morgan fingerprint density at radius 3 is 2.38 bits per heavy atom. The molecule has 0 atom stereocenters. The summed E-state index contributed by atoms with van der Waals surface area (Å²) in [7, 11) is 3.90. The van der Waals surface area contributed by atoms with Gasteiger partial charge in [0.2, 0.25) is 5.91 Å². The zero-order chi connectivity index (χ0) is 18.5. The Hall–Kier alpha value is -2.67. The molecule has 0 radical (unpaired) electrons. The minimum Gasteiger partial charge on any atom is -0.355 e. The predicted molar refractivity (Wildman–Crippen MR) is 97.6 cm³/mol. The van der Waals surface area contributed by atoms with E-state index in [9.17, 15) is 9.59 Å². The zero-order valence-corrected chi connectivity index (χ0v) is 15.2. The van der Waals surface area contributed by atoms with E-state index in [2.05, 4.69) is 5.16 Å². The second-order valence-corrected chi connectivity index (χ2v) is 6.67. The summed E-state index contributed by atoms with van der Waals surface area (Å²) in [5, 5.41) is 3.92. The maximum absolute atomic E-state index is 12.6. The molecule has 3 rings (SSSR count). The molecule has 0 saturated carbocycles. The van der Waals surface area contributed by atoms with Crippen molar-refractivity contribution in [3.05, 3.63) is 42.1 Å². The number of nitrogens with zero attached hydrogens (tertiary/aromatic N) is 4. The van der Waals surface area contributed by atoms with E-state index in [0.29, 0.717) is 44.1 Å². The highest BCUT2D eigenvalue weighted by Crippen LogP contribution is 2.20. The molecule has 1 aromatic carbocycles. The second-order valence-electron chi connectivity index (χ2n) is 6.67. The number of aromatic nitrogens is 1. The topological polar surface area (TPSA) is 69.9 Å². The third-order valence-corrected chi connectivity index (χ3v) is 4.48. The Morgan fingerprint density at radius 1 is 1.08 bits per heavy atom. The third-order valence-electron chi connectivity index (χ3n) is 4.48. The average molecular weight is 356 g/mol. The summed E-state index contributed by atoms with van der Waals surface area (Å²) in [5.41, 5.74) is 1.19. The van der Waals surface area contributed by atoms with Crippen LogP contribution < -0.4 is 0 Å². The lowest BCUT2D eigenvalue weighted by Gasteiger charge is -2.34. The predicted octanol–water partition coefficient (Wildman–Crippen LogP) is 1.58. The van der Waals surface area contributed by atoms with E-state index in [1.807, 2.05) is 54.2 Å². The molecular weight excluding hydrogens is 332 g/mol. The van der Waals surface area contributed by atoms with Crippen molar-refractivity contribution in [2.45, 2.75) is 6.42 Å². The largest absolute Gasteiger partial charge is 0.355 e. The first-order chi connectivity index (χ1) is 12.5. The van der Waals surface area contributed by atoms with Crippen LogP contribution in [0.2, 0.25) is 0 Å². The molecule has 7 nitrogen and oxygen atoms in total. The molecule has 0 spiro atoms. The van der Waals surface area contributed by atoms with Gasteiger partial charge in [0.05, 0.1) is 0 Å². The fourth-order valence-corrected chi connectivity index (χ4v) is 2.91. The molecule has 2 aromatic rings. The van der Waals surface area contributed by atoms with E-state index in [1.54, 1.807) is 11.0 Å². The lowest BCUT2D eigenvalue weighted by atomic mass is 10.1. The number of hydrogen-bond acceptors (Lipinski definition) is 5. The van der Waals surface area contributed by atoms with Crippen molar-refractivity contribution < 1.29 is 14.1 Å². The number of amides is 2. The molecule has 7 heteroatoms. The molecule has 2 heterocycles. The van der Waals surface area contributed by atoms with Crippen LogP contribution in [0, 0.1) is 0 Å². The Bertz CT molecular complexity index is 749. The van der Waals surface area contributed by atoms with E-state index in [1.165, 1.54) is 0 Å². The third kappa shape index (κ3) is 4.29. The molecule has 26 heavy (non-hydrogen) atoms. The van der Waals surface area contributed by atoms with Crippen molar-refractivity contribution in [1.29, 1.82) is 0 Å². The number of carbonyl (C=O) groups is 2. The molecule has 0 aliphatic carbocycles. The maximum Gasteiger partial charge on any atom is 0.276 e. The van der Waals surface area contributed by atoms with Gasteiger partial charge in [-0.25, -0.2) is 0 Å². The summed E-state index contributed by atoms with van der Waals surface area (Å²) < 4.78 is 5.31. The SMILES string of the molecule is CN(C)CCC(=O)N1CCN(C(=O)c2cc(-c3ccccc3)on2)CC1. The quantitative estimate of drug-likeness (QED) is 0.813. The average Bonchev–Trinajstić information content (AvgIpc) is 3.16. The van der Waals surface area contributed by atoms with Crippen molar-refractivity contribution in [1.82, 2.24) is 19.9 Å². The molecule has 2 amide bonds. The van der Waals surface area contributed by atoms with Gasteiger partial charge in [0.1, 0.15) is 0 Å². The first-order valence-electron chi connectivity index (χ1n) is 8.78. The van der Waals surface area contributed by atoms with Crippen LogP contribution in [-0.4, -0.2) is 78.5 Å². The van der Waals surface area contributed by atoms with Crippen molar-refractivity contribution in [3.63, 3.8) is 0 Å². The van der Waals surface area contributed by atoms with E-state index in [4.69, 9.17) is 4.52 Å². The number of carbonyl (C=O) groups excluding carboxylic acids is 2. The van der Waals surface area contributed by atoms with Crippen LogP contribution in [0.4, 0.5) is 0 Å². The molecule has 1 aliphatic rings. The first-order valence-corrected chi connectivity index (χ1v) is 8.78. The van der Waals surface area contributed by atoms with Crippen LogP contribution in [-0.2, 0) is 4.79 Å². The first kappa shape index (κ1) is 18.1. The number of piperazine rings is 1. The van der Waals surface area contributed by atoms with E-state index in [-0.39, 0.29) is 11.8 Å². The van der Waals surface area contributed by atoms with Gasteiger partial charge in [-0.3, -0.25) is 9.59 Å². The highest BCUT2D eigenvalue weighted by atomic mass is 16.5. The van der Waals surface area contributed by atoms with Crippen LogP contribution in [0.1, 0.15) is 16.9 Å². The maximum atomic E-state index is 12.6. The van der Waals surface area contributed by atoms with Gasteiger partial charge in [0.15, 0.2) is 11.5 Å². The molecular formula is C19H24N4O3. The molecule has 1 saturated heterocycles. The number of hydrogen-bond donors (Lipinski definition) is 0. The summed E-state index contributed by atoms with van der Waals surface area (Å²) in [5.74, 6) is 0.557. The standard InChI is InChI=1S/C19H24N4O3/c1-21(2)9-8-18(24)22-10-12-23(13-11-22)19(25)16-14-17(26-20-16)15-6-4-3-5-7-15/h3-7,14H,8-13H2,1-2H3. The van der Waals surface area contributed by atoms with E-state index >= 15 is 0 Å². The van der Waals surface area contributed by atoms with Gasteiger partial charge in [0.25, 0.3) is 5.91 Å². The van der Waals surface area contributed by atoms with Crippen LogP contribution in [0.5, 0.6) is 0 Å². The summed E-state index contributed by atoms with van der Waals surface area (Å²) in [6.45, 7) is 2.88. The van der Waals surface area contributed by atoms with Gasteiger partial charge in [-0.05, 0) is 14.1 Å². The molecule has 0 unspecified atom stereocenters. The summed E-state index contributed by atoms with van der Waals surface area (Å²) in [6, 6.07) is 11.2. The summed E-state index contributed by atoms with van der Waals surface area (Å²) in [6.07, 6.45) is 0.505. The lowest BCUT2D eigenvalue weighted by Crippen LogP contribution is -2.51. The van der Waals surface area contributed by atoms with Crippen LogP contribution in [0.15, 0.2) is 40.9 Å². The Balaban J connectivity index is 1.56. The Labute approximate surface area is 153 Å². The Morgan fingerprint density at radius 2 is 1.73 bits per heavy atom. The summed E-state index contributed by atoms with van der Waals surface area (Å²) in [4.78, 5) is 30.3. The van der Waals surface area contributed by atoms with Crippen LogP contribution in [0.3, 0.4) is 0 Å². The molecule has 138 valence electrons. The van der Waals surface area contributed by atoms with E-state index < -0.39 is 0 Å². The van der Waals surface area contributed by atoms with Crippen molar-refractivity contribution in [2.24, 2.45) is 0 Å². The fourth-order valence-electron chi connectivity index (χ4n) is 2.91. The second kappa shape index (κ2) is 8.14. The molecule has 0 bridgehead atoms. The normalized spacial score (nSPS) is 14.7. The van der Waals surface area contributed by atoms with Gasteiger partial charge in [0, 0.05) is 50.8 Å². The lowest BCUT2D eigenvalue weighted by molar-refractivity contribution is -0.132. The number of benzene rings is 1. The van der Waals surface area contributed by atoms with Crippen molar-refractivity contribution in [2.75, 3.05) is 46.8 Å². The molecule has 0 N–H and O–H groups in total. The van der Waals surface area contributed by atoms with Gasteiger partial charge >= 0.3 is 0 Å². The van der Waals surface area contributed by atoms with Gasteiger partial charge < -0.3 is 19.2 Å². The van der Waals surface area contributed by atoms with Gasteiger partial charge in [-0.15, -0.1) is 0 Å². The number of rotatable bonds is 5. The highest BCUT2D eigenvalue weighted by molar-refractivity contribution is 5.93. The van der Waals surface area contributed by atoms with Gasteiger partial charge in [-0.1, -0.05) is 35.5 Å². The monoisotopic (exact) mass is 356 g/mol. The Kier molecular flexibility index (Phi) is 5.68. The van der Waals surface area contributed by atoms with Crippen LogP contribution >= 0.6 is 0 Å². The zero-order valence-electron chi connectivity index (χ0n) is 15.2. The molecule has 1 aromatic heterocycles. The van der Waals surface area contributed by atoms with Crippen molar-refractivity contribution >= 4 is 11.8 Å². The minimum atomic E-state index is -0.156. The minimum absolute atomic E-state index is 0.138. The summed E-state index contributed by atoms with van der Waals surface area (Å²) >= 11 is 0. The fraction of sp³-hybridized carbons (Fsp3) is 0.421. The van der Waals surface area contributed by atoms with Crippen LogP contribution in [0.25, 0.3) is 11.3 Å². The van der Waals surface area contributed by atoms with Crippen molar-refractivity contribution in [3.8, 4) is 11.3 Å². The molecule has 1 aliphatic heterocycles. The smallest absolute Gasteiger partial charge is 0.276 e. The van der Waals surface area contributed by atoms with E-state index in [0.717, 1.165) is 12.1 Å². The van der Waals surface area contributed by atoms with Gasteiger partial charge in [-0.2, -0.15) is 0 Å². The highest BCUT2D eigenvalue weighted by Gasteiger charge is 2.26. The molecule has 1 fully saturated rings.